The zero-order valence-electron chi connectivity index (χ0n) is 10.4. The maximum atomic E-state index is 6.07. The quantitative estimate of drug-likeness (QED) is 0.635. The zero-order chi connectivity index (χ0) is 14.1. The molecule has 0 bridgehead atoms. The van der Waals surface area contributed by atoms with Crippen LogP contribution in [0.2, 0.25) is 0 Å². The molecular weight excluding hydrogens is 402 g/mol. The highest BCUT2D eigenvalue weighted by Crippen LogP contribution is 2.31. The van der Waals surface area contributed by atoms with Gasteiger partial charge in [0.15, 0.2) is 0 Å². The van der Waals surface area contributed by atoms with Crippen LogP contribution in [0.3, 0.4) is 0 Å². The Labute approximate surface area is 137 Å². The Bertz CT molecular complexity index is 765. The monoisotopic (exact) mass is 411 g/mol. The summed E-state index contributed by atoms with van der Waals surface area (Å²) in [7, 11) is 0. The van der Waals surface area contributed by atoms with Crippen molar-refractivity contribution in [1.82, 2.24) is 4.98 Å². The van der Waals surface area contributed by atoms with Crippen molar-refractivity contribution in [1.29, 1.82) is 0 Å². The molecule has 2 aromatic heterocycles. The second-order valence-electron chi connectivity index (χ2n) is 4.30. The number of hydrogen-bond donors (Lipinski definition) is 2. The fourth-order valence-electron chi connectivity index (χ4n) is 2.00. The van der Waals surface area contributed by atoms with Crippen molar-refractivity contribution in [2.45, 2.75) is 6.54 Å². The number of nitrogens with one attached hydrogen (secondary N) is 1. The summed E-state index contributed by atoms with van der Waals surface area (Å²) in [4.78, 5) is 5.59. The molecule has 0 aliphatic carbocycles. The van der Waals surface area contributed by atoms with Crippen molar-refractivity contribution in [2.75, 3.05) is 11.1 Å². The molecule has 0 radical (unpaired) electrons. The highest BCUT2D eigenvalue weighted by atomic mass is 79.9. The van der Waals surface area contributed by atoms with Gasteiger partial charge in [0, 0.05) is 19.2 Å². The van der Waals surface area contributed by atoms with E-state index in [1.165, 1.54) is 4.88 Å². The predicted octanol–water partition coefficient (Wildman–Crippen LogP) is 5.02. The molecule has 0 unspecified atom stereocenters. The first kappa shape index (κ1) is 13.9. The van der Waals surface area contributed by atoms with Gasteiger partial charge in [-0.25, -0.2) is 0 Å². The van der Waals surface area contributed by atoms with Gasteiger partial charge in [0.2, 0.25) is 0 Å². The molecule has 102 valence electrons. The third kappa shape index (κ3) is 2.68. The number of nitrogens with two attached hydrogens (primary N) is 1. The van der Waals surface area contributed by atoms with E-state index >= 15 is 0 Å². The van der Waals surface area contributed by atoms with E-state index in [-0.39, 0.29) is 0 Å². The van der Waals surface area contributed by atoms with Gasteiger partial charge in [0.1, 0.15) is 0 Å². The number of fused-ring (bicyclic) bond motifs is 1. The van der Waals surface area contributed by atoms with Gasteiger partial charge >= 0.3 is 0 Å². The maximum Gasteiger partial charge on any atom is 0.0743 e. The lowest BCUT2D eigenvalue weighted by Gasteiger charge is -2.12. The molecule has 3 nitrogen and oxygen atoms in total. The molecule has 6 heteroatoms. The van der Waals surface area contributed by atoms with Gasteiger partial charge in [0.25, 0.3) is 0 Å². The molecule has 3 N–H and O–H groups in total. The van der Waals surface area contributed by atoms with E-state index in [0.717, 1.165) is 32.1 Å². The van der Waals surface area contributed by atoms with Crippen molar-refractivity contribution < 1.29 is 0 Å². The smallest absolute Gasteiger partial charge is 0.0743 e. The third-order valence-electron chi connectivity index (χ3n) is 2.98. The van der Waals surface area contributed by atoms with E-state index < -0.39 is 0 Å². The highest BCUT2D eigenvalue weighted by Gasteiger charge is 2.08. The lowest BCUT2D eigenvalue weighted by Crippen LogP contribution is -2.03. The van der Waals surface area contributed by atoms with Crippen molar-refractivity contribution in [2.24, 2.45) is 0 Å². The number of rotatable bonds is 3. The number of nitrogens with zero attached hydrogens (tertiary/aromatic N) is 1. The second-order valence-corrected chi connectivity index (χ2v) is 7.07. The van der Waals surface area contributed by atoms with Gasteiger partial charge in [-0.15, -0.1) is 11.3 Å². The fourth-order valence-corrected chi connectivity index (χ4v) is 3.79. The van der Waals surface area contributed by atoms with Gasteiger partial charge in [-0.3, -0.25) is 4.98 Å². The van der Waals surface area contributed by atoms with Gasteiger partial charge in [0.05, 0.1) is 29.6 Å². The minimum absolute atomic E-state index is 0.656. The van der Waals surface area contributed by atoms with Gasteiger partial charge in [-0.2, -0.15) is 0 Å². The lowest BCUT2D eigenvalue weighted by atomic mass is 10.1. The van der Waals surface area contributed by atoms with Crippen LogP contribution in [0.5, 0.6) is 0 Å². The first-order chi connectivity index (χ1) is 9.65. The number of thiophene rings is 1. The van der Waals surface area contributed by atoms with Crippen LogP contribution in [-0.2, 0) is 6.54 Å². The number of hydrogen-bond acceptors (Lipinski definition) is 4. The summed E-state index contributed by atoms with van der Waals surface area (Å²) in [6.45, 7) is 0.730. The largest absolute Gasteiger partial charge is 0.396 e. The SMILES string of the molecule is Nc1cnc2ccc(Br)cc2c1NCc1sccc1Br. The highest BCUT2D eigenvalue weighted by molar-refractivity contribution is 9.10. The van der Waals surface area contributed by atoms with E-state index in [4.69, 9.17) is 5.73 Å². The number of nitrogen functional groups attached to an aromatic ring is 1. The number of anilines is 2. The minimum Gasteiger partial charge on any atom is -0.396 e. The van der Waals surface area contributed by atoms with Crippen molar-refractivity contribution in [3.63, 3.8) is 0 Å². The number of halogens is 2. The molecule has 0 aliphatic heterocycles. The van der Waals surface area contributed by atoms with E-state index in [1.54, 1.807) is 17.5 Å². The van der Waals surface area contributed by atoms with Gasteiger partial charge < -0.3 is 11.1 Å². The fraction of sp³-hybridized carbons (Fsp3) is 0.0714. The summed E-state index contributed by atoms with van der Waals surface area (Å²) in [5, 5.41) is 6.50. The Hall–Kier alpha value is -1.11. The minimum atomic E-state index is 0.656. The molecule has 0 fully saturated rings. The molecule has 3 aromatic rings. The molecule has 3 rings (SSSR count). The van der Waals surface area contributed by atoms with Crippen molar-refractivity contribution >= 4 is 65.5 Å². The zero-order valence-corrected chi connectivity index (χ0v) is 14.3. The third-order valence-corrected chi connectivity index (χ3v) is 5.40. The van der Waals surface area contributed by atoms with E-state index in [1.807, 2.05) is 24.3 Å². The molecule has 0 aliphatic rings. The Balaban J connectivity index is 1.99. The first-order valence-electron chi connectivity index (χ1n) is 5.94. The average molecular weight is 413 g/mol. The van der Waals surface area contributed by atoms with Crippen LogP contribution in [0.25, 0.3) is 10.9 Å². The Morgan fingerprint density at radius 2 is 2.10 bits per heavy atom. The van der Waals surface area contributed by atoms with E-state index in [9.17, 15) is 0 Å². The maximum absolute atomic E-state index is 6.07. The molecule has 20 heavy (non-hydrogen) atoms. The molecule has 2 heterocycles. The molecule has 0 amide bonds. The van der Waals surface area contributed by atoms with Gasteiger partial charge in [-0.05, 0) is 45.6 Å². The predicted molar refractivity (Wildman–Crippen MR) is 93.2 cm³/mol. The molecule has 0 atom stereocenters. The topological polar surface area (TPSA) is 50.9 Å². The summed E-state index contributed by atoms with van der Waals surface area (Å²) in [5.41, 5.74) is 8.57. The number of benzene rings is 1. The summed E-state index contributed by atoms with van der Waals surface area (Å²) >= 11 is 8.74. The lowest BCUT2D eigenvalue weighted by molar-refractivity contribution is 1.19. The van der Waals surface area contributed by atoms with Crippen molar-refractivity contribution in [3.05, 3.63) is 49.7 Å². The summed E-state index contributed by atoms with van der Waals surface area (Å²) in [6.07, 6.45) is 1.70. The summed E-state index contributed by atoms with van der Waals surface area (Å²) < 4.78 is 2.13. The van der Waals surface area contributed by atoms with Crippen molar-refractivity contribution in [3.8, 4) is 0 Å². The van der Waals surface area contributed by atoms with Crippen LogP contribution >= 0.6 is 43.2 Å². The van der Waals surface area contributed by atoms with Crippen LogP contribution in [0.15, 0.2) is 44.8 Å². The van der Waals surface area contributed by atoms with Crippen LogP contribution in [0.1, 0.15) is 4.88 Å². The van der Waals surface area contributed by atoms with E-state index in [2.05, 4.69) is 47.5 Å². The number of aromatic nitrogens is 1. The molecule has 0 saturated heterocycles. The molecule has 0 saturated carbocycles. The Morgan fingerprint density at radius 3 is 2.85 bits per heavy atom. The summed E-state index contributed by atoms with van der Waals surface area (Å²) in [5.74, 6) is 0. The normalized spacial score (nSPS) is 10.9. The van der Waals surface area contributed by atoms with Crippen LogP contribution in [0, 0.1) is 0 Å². The standard InChI is InChI=1S/C14H11Br2N3S/c15-8-1-2-12-9(5-8)14(11(17)6-18-12)19-7-13-10(16)3-4-20-13/h1-6H,7,17H2,(H,18,19). The first-order valence-corrected chi connectivity index (χ1v) is 8.41. The second kappa shape index (κ2) is 5.71. The molecular formula is C14H11Br2N3S. The van der Waals surface area contributed by atoms with Crippen LogP contribution in [-0.4, -0.2) is 4.98 Å². The van der Waals surface area contributed by atoms with Crippen LogP contribution in [0.4, 0.5) is 11.4 Å². The summed E-state index contributed by atoms with van der Waals surface area (Å²) in [6, 6.07) is 8.03. The van der Waals surface area contributed by atoms with Gasteiger partial charge in [-0.1, -0.05) is 15.9 Å². The average Bonchev–Trinajstić information content (AvgIpc) is 2.83. The molecule has 0 spiro atoms. The molecule has 1 aromatic carbocycles. The number of pyridine rings is 1. The Morgan fingerprint density at radius 1 is 1.25 bits per heavy atom. The van der Waals surface area contributed by atoms with Crippen LogP contribution < -0.4 is 11.1 Å². The Kier molecular flexibility index (Phi) is 3.96. The van der Waals surface area contributed by atoms with E-state index in [0.29, 0.717) is 5.69 Å².